The Morgan fingerprint density at radius 1 is 1.05 bits per heavy atom. The maximum atomic E-state index is 10.5. The van der Waals surface area contributed by atoms with Crippen LogP contribution >= 0.6 is 0 Å². The maximum absolute atomic E-state index is 10.5. The van der Waals surface area contributed by atoms with Gasteiger partial charge in [0.1, 0.15) is 0 Å². The predicted molar refractivity (Wildman–Crippen MR) is 84.0 cm³/mol. The van der Waals surface area contributed by atoms with E-state index in [1.807, 2.05) is 43.3 Å². The van der Waals surface area contributed by atoms with Gasteiger partial charge in [-0.25, -0.2) is 0 Å². The highest BCUT2D eigenvalue weighted by Crippen LogP contribution is 2.24. The van der Waals surface area contributed by atoms with Crippen LogP contribution in [0.1, 0.15) is 32.4 Å². The van der Waals surface area contributed by atoms with Crippen LogP contribution in [0, 0.1) is 5.92 Å². The minimum atomic E-state index is -0.579. The molecule has 0 bridgehead atoms. The van der Waals surface area contributed by atoms with Crippen molar-refractivity contribution in [3.05, 3.63) is 29.8 Å². The first-order valence-corrected chi connectivity index (χ1v) is 7.19. The molecule has 0 saturated heterocycles. The molecule has 3 unspecified atom stereocenters. The van der Waals surface area contributed by atoms with Crippen LogP contribution in [-0.2, 0) is 0 Å². The van der Waals surface area contributed by atoms with Gasteiger partial charge in [0.25, 0.3) is 0 Å². The molecule has 0 aliphatic carbocycles. The van der Waals surface area contributed by atoms with Crippen LogP contribution in [0.5, 0.6) is 0 Å². The molecule has 1 aromatic rings. The Labute approximate surface area is 122 Å². The highest BCUT2D eigenvalue weighted by Gasteiger charge is 2.24. The molecule has 20 heavy (non-hydrogen) atoms. The smallest absolute Gasteiger partial charge is 0.0945 e. The normalized spacial score (nSPS) is 16.0. The summed E-state index contributed by atoms with van der Waals surface area (Å²) in [6, 6.07) is 7.85. The number of hydrogen-bond donors (Lipinski definition) is 3. The van der Waals surface area contributed by atoms with Crippen LogP contribution in [0.15, 0.2) is 24.3 Å². The van der Waals surface area contributed by atoms with Crippen molar-refractivity contribution >= 4 is 5.69 Å². The quantitative estimate of drug-likeness (QED) is 0.712. The molecular formula is C16H28N2O2. The van der Waals surface area contributed by atoms with Crippen molar-refractivity contribution in [2.24, 2.45) is 5.92 Å². The topological polar surface area (TPSA) is 55.7 Å². The van der Waals surface area contributed by atoms with Gasteiger partial charge >= 0.3 is 0 Å². The number of benzene rings is 1. The van der Waals surface area contributed by atoms with E-state index in [1.165, 1.54) is 0 Å². The predicted octanol–water partition coefficient (Wildman–Crippen LogP) is 1.78. The highest BCUT2D eigenvalue weighted by atomic mass is 16.3. The number of aliphatic hydroxyl groups excluding tert-OH is 2. The fourth-order valence-electron chi connectivity index (χ4n) is 2.20. The number of aliphatic hydroxyl groups is 2. The van der Waals surface area contributed by atoms with E-state index >= 15 is 0 Å². The summed E-state index contributed by atoms with van der Waals surface area (Å²) in [7, 11) is 3.99. The molecule has 4 heteroatoms. The van der Waals surface area contributed by atoms with Crippen LogP contribution < -0.4 is 10.2 Å². The summed E-state index contributed by atoms with van der Waals surface area (Å²) in [5, 5.41) is 23.2. The number of rotatable bonds is 7. The van der Waals surface area contributed by atoms with Crippen LogP contribution in [0.3, 0.4) is 0 Å². The van der Waals surface area contributed by atoms with Gasteiger partial charge in [-0.05, 0) is 30.5 Å². The monoisotopic (exact) mass is 280 g/mol. The van der Waals surface area contributed by atoms with Crippen molar-refractivity contribution in [2.45, 2.75) is 39.0 Å². The van der Waals surface area contributed by atoms with Crippen LogP contribution in [0.2, 0.25) is 0 Å². The Morgan fingerprint density at radius 2 is 1.60 bits per heavy atom. The van der Waals surface area contributed by atoms with Crippen molar-refractivity contribution in [3.63, 3.8) is 0 Å². The second kappa shape index (κ2) is 7.62. The largest absolute Gasteiger partial charge is 0.392 e. The van der Waals surface area contributed by atoms with Gasteiger partial charge < -0.3 is 20.4 Å². The standard InChI is InChI=1S/C16H28N2O2/c1-11(2)15(17-10-12(3)19)16(20)13-6-8-14(9-7-13)18(4)5/h6-9,11-12,15-17,19-20H,10H2,1-5H3. The third kappa shape index (κ3) is 4.78. The van der Waals surface area contributed by atoms with E-state index in [9.17, 15) is 10.2 Å². The minimum Gasteiger partial charge on any atom is -0.392 e. The molecule has 0 aliphatic heterocycles. The molecular weight excluding hydrogens is 252 g/mol. The molecule has 1 rings (SSSR count). The Hall–Kier alpha value is -1.10. The summed E-state index contributed by atoms with van der Waals surface area (Å²) in [6.07, 6.45) is -0.996. The van der Waals surface area contributed by atoms with E-state index in [1.54, 1.807) is 6.92 Å². The number of nitrogens with one attached hydrogen (secondary N) is 1. The van der Waals surface area contributed by atoms with Crippen LogP contribution in [0.4, 0.5) is 5.69 Å². The van der Waals surface area contributed by atoms with E-state index in [4.69, 9.17) is 0 Å². The van der Waals surface area contributed by atoms with Gasteiger partial charge in [0.2, 0.25) is 0 Å². The zero-order chi connectivity index (χ0) is 15.3. The Morgan fingerprint density at radius 3 is 2.00 bits per heavy atom. The maximum Gasteiger partial charge on any atom is 0.0945 e. The molecule has 0 spiro atoms. The van der Waals surface area contributed by atoms with Crippen LogP contribution in [0.25, 0.3) is 0 Å². The van der Waals surface area contributed by atoms with E-state index in [0.29, 0.717) is 6.54 Å². The summed E-state index contributed by atoms with van der Waals surface area (Å²) in [4.78, 5) is 2.03. The van der Waals surface area contributed by atoms with Gasteiger partial charge in [-0.2, -0.15) is 0 Å². The number of hydrogen-bond acceptors (Lipinski definition) is 4. The molecule has 0 aromatic heterocycles. The first-order chi connectivity index (χ1) is 9.32. The van der Waals surface area contributed by atoms with E-state index in [2.05, 4.69) is 19.2 Å². The molecule has 1 aromatic carbocycles. The first kappa shape index (κ1) is 17.0. The molecule has 0 radical (unpaired) electrons. The van der Waals surface area contributed by atoms with Crippen molar-refractivity contribution in [3.8, 4) is 0 Å². The second-order valence-corrected chi connectivity index (χ2v) is 5.96. The molecule has 114 valence electrons. The zero-order valence-electron chi connectivity index (χ0n) is 13.2. The third-order valence-corrected chi connectivity index (χ3v) is 3.46. The Kier molecular flexibility index (Phi) is 6.46. The SMILES string of the molecule is CC(O)CNC(C(C)C)C(O)c1ccc(N(C)C)cc1. The average molecular weight is 280 g/mol. The summed E-state index contributed by atoms with van der Waals surface area (Å²) in [5.74, 6) is 0.275. The molecule has 0 aliphatic rings. The van der Waals surface area contributed by atoms with Crippen molar-refractivity contribution in [1.29, 1.82) is 0 Å². The third-order valence-electron chi connectivity index (χ3n) is 3.46. The summed E-state index contributed by atoms with van der Waals surface area (Å²) >= 11 is 0. The molecule has 0 heterocycles. The van der Waals surface area contributed by atoms with Gasteiger partial charge in [-0.15, -0.1) is 0 Å². The second-order valence-electron chi connectivity index (χ2n) is 5.96. The Balaban J connectivity index is 2.80. The lowest BCUT2D eigenvalue weighted by Gasteiger charge is -2.28. The Bertz CT molecular complexity index is 388. The molecule has 0 saturated carbocycles. The van der Waals surface area contributed by atoms with Crippen LogP contribution in [-0.4, -0.2) is 43.0 Å². The molecule has 0 amide bonds. The lowest BCUT2D eigenvalue weighted by atomic mass is 9.93. The lowest BCUT2D eigenvalue weighted by Crippen LogP contribution is -2.42. The summed E-state index contributed by atoms with van der Waals surface area (Å²) in [6.45, 7) is 6.35. The number of nitrogens with zero attached hydrogens (tertiary/aromatic N) is 1. The fourth-order valence-corrected chi connectivity index (χ4v) is 2.20. The molecule has 3 atom stereocenters. The van der Waals surface area contributed by atoms with Gasteiger partial charge in [0, 0.05) is 32.4 Å². The van der Waals surface area contributed by atoms with Crippen molar-refractivity contribution in [2.75, 3.05) is 25.5 Å². The average Bonchev–Trinajstić information content (AvgIpc) is 2.38. The summed E-state index contributed by atoms with van der Waals surface area (Å²) in [5.41, 5.74) is 2.01. The highest BCUT2D eigenvalue weighted by molar-refractivity contribution is 5.46. The van der Waals surface area contributed by atoms with E-state index in [0.717, 1.165) is 11.3 Å². The molecule has 0 fully saturated rings. The van der Waals surface area contributed by atoms with Crippen molar-refractivity contribution in [1.82, 2.24) is 5.32 Å². The van der Waals surface area contributed by atoms with Gasteiger partial charge in [0.15, 0.2) is 0 Å². The minimum absolute atomic E-state index is 0.0743. The van der Waals surface area contributed by atoms with E-state index < -0.39 is 12.2 Å². The van der Waals surface area contributed by atoms with E-state index in [-0.39, 0.29) is 12.0 Å². The van der Waals surface area contributed by atoms with Crippen molar-refractivity contribution < 1.29 is 10.2 Å². The van der Waals surface area contributed by atoms with Gasteiger partial charge in [-0.3, -0.25) is 0 Å². The van der Waals surface area contributed by atoms with Gasteiger partial charge in [0.05, 0.1) is 12.2 Å². The first-order valence-electron chi connectivity index (χ1n) is 7.19. The van der Waals surface area contributed by atoms with Gasteiger partial charge in [-0.1, -0.05) is 26.0 Å². The fraction of sp³-hybridized carbons (Fsp3) is 0.625. The molecule has 4 nitrogen and oxygen atoms in total. The summed E-state index contributed by atoms with van der Waals surface area (Å²) < 4.78 is 0. The number of anilines is 1. The zero-order valence-corrected chi connectivity index (χ0v) is 13.2. The molecule has 3 N–H and O–H groups in total. The lowest BCUT2D eigenvalue weighted by molar-refractivity contribution is 0.0931.